The fraction of sp³-hybridized carbons (Fsp3) is 0.440. The molecule has 31 heavy (non-hydrogen) atoms. The fourth-order valence-corrected chi connectivity index (χ4v) is 4.05. The average molecular weight is 427 g/mol. The van der Waals surface area contributed by atoms with E-state index in [2.05, 4.69) is 0 Å². The summed E-state index contributed by atoms with van der Waals surface area (Å²) in [6, 6.07) is 10.6. The van der Waals surface area contributed by atoms with Crippen molar-refractivity contribution < 1.29 is 29.3 Å². The highest BCUT2D eigenvalue weighted by Gasteiger charge is 2.26. The lowest BCUT2D eigenvalue weighted by Gasteiger charge is -2.31. The van der Waals surface area contributed by atoms with Gasteiger partial charge < -0.3 is 19.7 Å². The van der Waals surface area contributed by atoms with Crippen molar-refractivity contribution in [1.82, 2.24) is 0 Å². The van der Waals surface area contributed by atoms with Crippen LogP contribution in [0.4, 0.5) is 0 Å². The Morgan fingerprint density at radius 1 is 1.03 bits per heavy atom. The standard InChI is InChI=1S/C25H30O6/c1-3-5-22-23(13-12-21(16(2)26)25(22)29)31-20-7-4-6-19(15-20)30-18-10-8-17(9-11-18)14-24(27)28/h8-13,19-20,29H,3-7,14-15H2,1-2H3,(H,27,28)/t19-,20-/m1/s1. The van der Waals surface area contributed by atoms with Gasteiger partial charge in [-0.2, -0.15) is 0 Å². The number of phenolic OH excluding ortho intramolecular Hbond substituents is 1. The number of carbonyl (C=O) groups excluding carboxylic acids is 1. The van der Waals surface area contributed by atoms with Gasteiger partial charge in [-0.15, -0.1) is 0 Å². The van der Waals surface area contributed by atoms with Crippen molar-refractivity contribution >= 4 is 11.8 Å². The summed E-state index contributed by atoms with van der Waals surface area (Å²) in [6.45, 7) is 3.47. The molecular weight excluding hydrogens is 396 g/mol. The summed E-state index contributed by atoms with van der Waals surface area (Å²) >= 11 is 0. The van der Waals surface area contributed by atoms with Gasteiger partial charge in [0.05, 0.1) is 12.0 Å². The van der Waals surface area contributed by atoms with Gasteiger partial charge in [-0.1, -0.05) is 25.5 Å². The highest BCUT2D eigenvalue weighted by Crippen LogP contribution is 2.35. The Labute approximate surface area is 182 Å². The van der Waals surface area contributed by atoms with Crippen molar-refractivity contribution in [2.45, 2.75) is 71.0 Å². The number of ketones is 1. The minimum Gasteiger partial charge on any atom is -0.507 e. The molecule has 0 spiro atoms. The minimum absolute atomic E-state index is 0.00351. The lowest BCUT2D eigenvalue weighted by Crippen LogP contribution is -2.32. The average Bonchev–Trinajstić information content (AvgIpc) is 2.72. The number of aliphatic carboxylic acids is 1. The number of carbonyl (C=O) groups is 2. The molecular formula is C25H30O6. The molecule has 2 aromatic rings. The summed E-state index contributed by atoms with van der Waals surface area (Å²) in [7, 11) is 0. The van der Waals surface area contributed by atoms with Crippen LogP contribution < -0.4 is 9.47 Å². The summed E-state index contributed by atoms with van der Waals surface area (Å²) < 4.78 is 12.4. The number of ether oxygens (including phenoxy) is 2. The van der Waals surface area contributed by atoms with Gasteiger partial charge in [-0.05, 0) is 62.4 Å². The quantitative estimate of drug-likeness (QED) is 0.552. The van der Waals surface area contributed by atoms with E-state index in [1.807, 2.05) is 6.92 Å². The molecule has 0 radical (unpaired) electrons. The zero-order chi connectivity index (χ0) is 22.4. The number of hydrogen-bond acceptors (Lipinski definition) is 5. The third kappa shape index (κ3) is 6.00. The summed E-state index contributed by atoms with van der Waals surface area (Å²) in [5.74, 6) is 0.354. The number of carboxylic acid groups (broad SMARTS) is 1. The van der Waals surface area contributed by atoms with Crippen molar-refractivity contribution in [2.24, 2.45) is 0 Å². The molecule has 2 N–H and O–H groups in total. The van der Waals surface area contributed by atoms with Gasteiger partial charge in [-0.25, -0.2) is 0 Å². The lowest BCUT2D eigenvalue weighted by atomic mass is 9.94. The van der Waals surface area contributed by atoms with E-state index in [1.54, 1.807) is 36.4 Å². The van der Waals surface area contributed by atoms with Gasteiger partial charge >= 0.3 is 5.97 Å². The van der Waals surface area contributed by atoms with Crippen molar-refractivity contribution in [3.8, 4) is 17.2 Å². The van der Waals surface area contributed by atoms with Crippen LogP contribution in [0.3, 0.4) is 0 Å². The monoisotopic (exact) mass is 426 g/mol. The number of phenols is 1. The van der Waals surface area contributed by atoms with E-state index >= 15 is 0 Å². The van der Waals surface area contributed by atoms with E-state index in [1.165, 1.54) is 6.92 Å². The number of aromatic hydroxyl groups is 1. The molecule has 0 aliphatic heterocycles. The molecule has 1 fully saturated rings. The van der Waals surface area contributed by atoms with E-state index < -0.39 is 5.97 Å². The number of hydrogen-bond donors (Lipinski definition) is 2. The first-order valence-corrected chi connectivity index (χ1v) is 10.9. The zero-order valence-corrected chi connectivity index (χ0v) is 18.1. The number of Topliss-reactive ketones (excluding diaryl/α,β-unsaturated/α-hetero) is 1. The number of rotatable bonds is 9. The maximum Gasteiger partial charge on any atom is 0.307 e. The smallest absolute Gasteiger partial charge is 0.307 e. The predicted octanol–water partition coefficient (Wildman–Crippen LogP) is 4.94. The Morgan fingerprint density at radius 3 is 2.32 bits per heavy atom. The van der Waals surface area contributed by atoms with E-state index in [0.29, 0.717) is 23.3 Å². The van der Waals surface area contributed by atoms with Gasteiger partial charge in [-0.3, -0.25) is 9.59 Å². The van der Waals surface area contributed by atoms with Gasteiger partial charge in [0, 0.05) is 12.0 Å². The van der Waals surface area contributed by atoms with Crippen molar-refractivity contribution in [3.63, 3.8) is 0 Å². The normalized spacial score (nSPS) is 18.4. The minimum atomic E-state index is -0.856. The molecule has 0 heterocycles. The molecule has 1 saturated carbocycles. The summed E-state index contributed by atoms with van der Waals surface area (Å²) in [6.07, 6.45) is 4.94. The van der Waals surface area contributed by atoms with Crippen LogP contribution in [0.1, 0.15) is 67.4 Å². The highest BCUT2D eigenvalue weighted by atomic mass is 16.5. The molecule has 0 saturated heterocycles. The predicted molar refractivity (Wildman–Crippen MR) is 117 cm³/mol. The van der Waals surface area contributed by atoms with Crippen LogP contribution >= 0.6 is 0 Å². The Hall–Kier alpha value is -3.02. The van der Waals surface area contributed by atoms with Crippen LogP contribution in [0.15, 0.2) is 36.4 Å². The first-order valence-electron chi connectivity index (χ1n) is 10.9. The third-order valence-corrected chi connectivity index (χ3v) is 5.57. The Morgan fingerprint density at radius 2 is 1.71 bits per heavy atom. The SMILES string of the molecule is CCCc1c(O[C@@H]2CCC[C@@H](Oc3ccc(CC(=O)O)cc3)C2)ccc(C(C)=O)c1O. The van der Waals surface area contributed by atoms with Gasteiger partial charge in [0.1, 0.15) is 29.5 Å². The van der Waals surface area contributed by atoms with Crippen LogP contribution in [0.2, 0.25) is 0 Å². The molecule has 0 aromatic heterocycles. The summed E-state index contributed by atoms with van der Waals surface area (Å²) in [5, 5.41) is 19.4. The Kier molecular flexibility index (Phi) is 7.55. The fourth-order valence-electron chi connectivity index (χ4n) is 4.05. The maximum absolute atomic E-state index is 11.8. The highest BCUT2D eigenvalue weighted by molar-refractivity contribution is 5.97. The molecule has 0 amide bonds. The number of benzene rings is 2. The molecule has 1 aliphatic rings. The molecule has 166 valence electrons. The van der Waals surface area contributed by atoms with E-state index in [4.69, 9.17) is 14.6 Å². The van der Waals surface area contributed by atoms with Gasteiger partial charge in [0.15, 0.2) is 5.78 Å². The van der Waals surface area contributed by atoms with Gasteiger partial charge in [0.2, 0.25) is 0 Å². The summed E-state index contributed by atoms with van der Waals surface area (Å²) in [5.41, 5.74) is 1.75. The second kappa shape index (κ2) is 10.3. The van der Waals surface area contributed by atoms with Crippen LogP contribution in [0, 0.1) is 0 Å². The van der Waals surface area contributed by atoms with Crippen LogP contribution in [0.25, 0.3) is 0 Å². The molecule has 2 atom stereocenters. The Bertz CT molecular complexity index is 918. The zero-order valence-electron chi connectivity index (χ0n) is 18.1. The summed E-state index contributed by atoms with van der Waals surface area (Å²) in [4.78, 5) is 22.6. The van der Waals surface area contributed by atoms with Crippen molar-refractivity contribution in [1.29, 1.82) is 0 Å². The number of carboxylic acids is 1. The molecule has 2 aromatic carbocycles. The molecule has 6 nitrogen and oxygen atoms in total. The Balaban J connectivity index is 1.66. The lowest BCUT2D eigenvalue weighted by molar-refractivity contribution is -0.136. The molecule has 6 heteroatoms. The van der Waals surface area contributed by atoms with E-state index in [9.17, 15) is 14.7 Å². The van der Waals surface area contributed by atoms with Crippen molar-refractivity contribution in [3.05, 3.63) is 53.1 Å². The largest absolute Gasteiger partial charge is 0.507 e. The second-order valence-corrected chi connectivity index (χ2v) is 8.11. The van der Waals surface area contributed by atoms with Crippen LogP contribution in [-0.4, -0.2) is 34.2 Å². The molecule has 0 unspecified atom stereocenters. The first-order chi connectivity index (χ1) is 14.9. The topological polar surface area (TPSA) is 93.1 Å². The second-order valence-electron chi connectivity index (χ2n) is 8.11. The third-order valence-electron chi connectivity index (χ3n) is 5.57. The molecule has 0 bridgehead atoms. The van der Waals surface area contributed by atoms with E-state index in [-0.39, 0.29) is 30.2 Å². The molecule has 1 aliphatic carbocycles. The van der Waals surface area contributed by atoms with Gasteiger partial charge in [0.25, 0.3) is 0 Å². The van der Waals surface area contributed by atoms with Crippen LogP contribution in [0.5, 0.6) is 17.2 Å². The van der Waals surface area contributed by atoms with Crippen molar-refractivity contribution in [2.75, 3.05) is 0 Å². The first kappa shape index (κ1) is 22.7. The maximum atomic E-state index is 11.8. The molecule has 3 rings (SSSR count). The van der Waals surface area contributed by atoms with Crippen LogP contribution in [-0.2, 0) is 17.6 Å². The van der Waals surface area contributed by atoms with E-state index in [0.717, 1.165) is 43.4 Å².